The molecule has 2 aromatic rings. The highest BCUT2D eigenvalue weighted by Gasteiger charge is 2.41. The molecule has 178 valence electrons. The van der Waals surface area contributed by atoms with Crippen molar-refractivity contribution in [3.05, 3.63) is 77.9 Å². The molecule has 5 nitrogen and oxygen atoms in total. The van der Waals surface area contributed by atoms with Crippen molar-refractivity contribution in [2.45, 2.75) is 56.1 Å². The summed E-state index contributed by atoms with van der Waals surface area (Å²) in [6.07, 6.45) is 6.16. The van der Waals surface area contributed by atoms with Crippen LogP contribution in [-0.2, 0) is 11.2 Å². The van der Waals surface area contributed by atoms with Crippen LogP contribution in [0.5, 0.6) is 5.75 Å². The third-order valence-corrected chi connectivity index (χ3v) is 6.77. The first-order valence-corrected chi connectivity index (χ1v) is 12.0. The maximum atomic E-state index is 10.6. The number of carboxylic acid groups (broad SMARTS) is 1. The van der Waals surface area contributed by atoms with Gasteiger partial charge in [-0.15, -0.1) is 11.6 Å². The van der Waals surface area contributed by atoms with Crippen LogP contribution in [0.2, 0.25) is 0 Å². The number of carbonyl (C=O) groups is 1. The summed E-state index contributed by atoms with van der Waals surface area (Å²) in [6.45, 7) is 0.347. The predicted molar refractivity (Wildman–Crippen MR) is 130 cm³/mol. The number of aliphatic hydroxyl groups excluding tert-OH is 2. The molecule has 6 heteroatoms. The van der Waals surface area contributed by atoms with Crippen LogP contribution in [0.25, 0.3) is 0 Å². The van der Waals surface area contributed by atoms with E-state index in [0.29, 0.717) is 38.0 Å². The zero-order chi connectivity index (χ0) is 23.6. The van der Waals surface area contributed by atoms with Gasteiger partial charge in [0.2, 0.25) is 0 Å². The summed E-state index contributed by atoms with van der Waals surface area (Å²) in [7, 11) is 0. The van der Waals surface area contributed by atoms with Gasteiger partial charge in [0.25, 0.3) is 0 Å². The van der Waals surface area contributed by atoms with Crippen molar-refractivity contribution in [1.82, 2.24) is 0 Å². The number of allylic oxidation sites excluding steroid dienone is 2. The van der Waals surface area contributed by atoms with Gasteiger partial charge in [0.15, 0.2) is 0 Å². The molecule has 33 heavy (non-hydrogen) atoms. The van der Waals surface area contributed by atoms with Gasteiger partial charge in [0, 0.05) is 24.1 Å². The monoisotopic (exact) mass is 472 g/mol. The standard InChI is InChI=1S/C27H33ClO5/c28-24-17-26(30)23(22(24)13-6-1-2-7-14-27(31)32)18-33-21-12-8-11-20(16-21)25(29)15-19-9-4-3-5-10-19/h1,3-6,8-12,16,22-26,29-30H,2,7,13-15,17-18H2,(H,31,32)/t22-,23-,24?,25?,26-/m1/s1. The number of ether oxygens (including phenoxy) is 1. The van der Waals surface area contributed by atoms with E-state index in [2.05, 4.69) is 0 Å². The predicted octanol–water partition coefficient (Wildman–Crippen LogP) is 5.15. The summed E-state index contributed by atoms with van der Waals surface area (Å²) in [5.74, 6) is -0.122. The zero-order valence-corrected chi connectivity index (χ0v) is 19.5. The lowest BCUT2D eigenvalue weighted by atomic mass is 9.92. The Hall–Kier alpha value is -2.34. The summed E-state index contributed by atoms with van der Waals surface area (Å²) < 4.78 is 6.03. The number of aliphatic carboxylic acids is 1. The van der Waals surface area contributed by atoms with Crippen molar-refractivity contribution in [2.75, 3.05) is 6.61 Å². The van der Waals surface area contributed by atoms with Crippen molar-refractivity contribution >= 4 is 17.6 Å². The molecule has 2 unspecified atom stereocenters. The zero-order valence-electron chi connectivity index (χ0n) is 18.7. The molecule has 1 saturated carbocycles. The molecule has 0 spiro atoms. The van der Waals surface area contributed by atoms with E-state index < -0.39 is 18.2 Å². The molecule has 3 rings (SSSR count). The molecule has 0 heterocycles. The van der Waals surface area contributed by atoms with Crippen molar-refractivity contribution in [2.24, 2.45) is 11.8 Å². The summed E-state index contributed by atoms with van der Waals surface area (Å²) in [5, 5.41) is 29.7. The highest BCUT2D eigenvalue weighted by molar-refractivity contribution is 6.21. The minimum Gasteiger partial charge on any atom is -0.493 e. The topological polar surface area (TPSA) is 87.0 Å². The number of hydrogen-bond donors (Lipinski definition) is 3. The van der Waals surface area contributed by atoms with Gasteiger partial charge in [-0.3, -0.25) is 4.79 Å². The summed E-state index contributed by atoms with van der Waals surface area (Å²) >= 11 is 6.51. The number of unbranched alkanes of at least 4 members (excludes halogenated alkanes) is 1. The lowest BCUT2D eigenvalue weighted by Gasteiger charge is -2.23. The normalized spacial score (nSPS) is 23.6. The van der Waals surface area contributed by atoms with Crippen molar-refractivity contribution in [3.8, 4) is 5.75 Å². The Morgan fingerprint density at radius 2 is 1.91 bits per heavy atom. The van der Waals surface area contributed by atoms with E-state index in [1.807, 2.05) is 66.7 Å². The number of alkyl halides is 1. The van der Waals surface area contributed by atoms with E-state index in [0.717, 1.165) is 17.5 Å². The van der Waals surface area contributed by atoms with Gasteiger partial charge in [-0.2, -0.15) is 0 Å². The van der Waals surface area contributed by atoms with Gasteiger partial charge in [0.05, 0.1) is 18.8 Å². The molecule has 1 fully saturated rings. The van der Waals surface area contributed by atoms with E-state index in [1.54, 1.807) is 0 Å². The second-order valence-electron chi connectivity index (χ2n) is 8.73. The largest absolute Gasteiger partial charge is 0.493 e. The first kappa shape index (κ1) is 25.3. The highest BCUT2D eigenvalue weighted by Crippen LogP contribution is 2.39. The molecule has 0 radical (unpaired) electrons. The third kappa shape index (κ3) is 7.88. The third-order valence-electron chi connectivity index (χ3n) is 6.27. The van der Waals surface area contributed by atoms with Crippen LogP contribution in [0, 0.1) is 11.8 Å². The fourth-order valence-corrected chi connectivity index (χ4v) is 4.86. The Kier molecular flexibility index (Phi) is 9.79. The molecule has 5 atom stereocenters. The Bertz CT molecular complexity index is 900. The summed E-state index contributed by atoms with van der Waals surface area (Å²) in [6, 6.07) is 17.3. The fraction of sp³-hybridized carbons (Fsp3) is 0.444. The van der Waals surface area contributed by atoms with Crippen molar-refractivity contribution < 1.29 is 24.9 Å². The van der Waals surface area contributed by atoms with Crippen molar-refractivity contribution in [1.29, 1.82) is 0 Å². The van der Waals surface area contributed by atoms with Crippen LogP contribution >= 0.6 is 11.6 Å². The van der Waals surface area contributed by atoms with Gasteiger partial charge in [-0.05, 0) is 54.9 Å². The average Bonchev–Trinajstić information content (AvgIpc) is 3.07. The highest BCUT2D eigenvalue weighted by atomic mass is 35.5. The number of rotatable bonds is 12. The van der Waals surface area contributed by atoms with Crippen LogP contribution in [0.15, 0.2) is 66.7 Å². The molecule has 0 aliphatic heterocycles. The van der Waals surface area contributed by atoms with Gasteiger partial charge in [-0.1, -0.05) is 54.6 Å². The minimum atomic E-state index is -0.781. The first-order valence-electron chi connectivity index (χ1n) is 11.6. The Morgan fingerprint density at radius 1 is 1.12 bits per heavy atom. The quantitative estimate of drug-likeness (QED) is 0.226. The smallest absolute Gasteiger partial charge is 0.303 e. The van der Waals surface area contributed by atoms with E-state index in [4.69, 9.17) is 21.4 Å². The molecule has 0 aromatic heterocycles. The summed E-state index contributed by atoms with van der Waals surface area (Å²) in [5.41, 5.74) is 1.86. The molecular formula is C27H33ClO5. The number of carboxylic acids is 1. The van der Waals surface area contributed by atoms with Crippen molar-refractivity contribution in [3.63, 3.8) is 0 Å². The fourth-order valence-electron chi connectivity index (χ4n) is 4.39. The van der Waals surface area contributed by atoms with Gasteiger partial charge >= 0.3 is 5.97 Å². The van der Waals surface area contributed by atoms with Gasteiger partial charge in [0.1, 0.15) is 5.75 Å². The van der Waals surface area contributed by atoms with Crippen LogP contribution in [0.4, 0.5) is 0 Å². The van der Waals surface area contributed by atoms with E-state index >= 15 is 0 Å². The minimum absolute atomic E-state index is 0.0873. The Morgan fingerprint density at radius 3 is 2.67 bits per heavy atom. The van der Waals surface area contributed by atoms with E-state index in [9.17, 15) is 15.0 Å². The number of benzene rings is 2. The number of aliphatic hydroxyl groups is 2. The molecule has 0 saturated heterocycles. The lowest BCUT2D eigenvalue weighted by Crippen LogP contribution is -2.27. The molecular weight excluding hydrogens is 440 g/mol. The van der Waals surface area contributed by atoms with Crippen LogP contribution < -0.4 is 4.74 Å². The van der Waals surface area contributed by atoms with Crippen LogP contribution in [0.3, 0.4) is 0 Å². The molecule has 3 N–H and O–H groups in total. The second-order valence-corrected chi connectivity index (χ2v) is 9.29. The molecule has 1 aliphatic carbocycles. The first-order chi connectivity index (χ1) is 15.9. The maximum absolute atomic E-state index is 10.6. The molecule has 2 aromatic carbocycles. The van der Waals surface area contributed by atoms with E-state index in [1.165, 1.54) is 0 Å². The second kappa shape index (κ2) is 12.8. The van der Waals surface area contributed by atoms with Crippen LogP contribution in [-0.4, -0.2) is 39.4 Å². The molecule has 0 bridgehead atoms. The lowest BCUT2D eigenvalue weighted by molar-refractivity contribution is -0.137. The number of halogens is 1. The van der Waals surface area contributed by atoms with Gasteiger partial charge < -0.3 is 20.1 Å². The van der Waals surface area contributed by atoms with Crippen LogP contribution in [0.1, 0.15) is 49.3 Å². The summed E-state index contributed by atoms with van der Waals surface area (Å²) in [4.78, 5) is 10.6. The Labute approximate surface area is 200 Å². The maximum Gasteiger partial charge on any atom is 0.303 e. The number of hydrogen-bond acceptors (Lipinski definition) is 4. The average molecular weight is 473 g/mol. The SMILES string of the molecule is O=C(O)CCCC=CC[C@H]1C(Cl)C[C@@H](O)[C@@H]1COc1cccc(C(O)Cc2ccccc2)c1. The van der Waals surface area contributed by atoms with E-state index in [-0.39, 0.29) is 23.6 Å². The molecule has 1 aliphatic rings. The Balaban J connectivity index is 1.54. The molecule has 0 amide bonds. The van der Waals surface area contributed by atoms with Gasteiger partial charge in [-0.25, -0.2) is 0 Å².